The first-order valence-electron chi connectivity index (χ1n) is 21.9. The molecule has 2 aliphatic rings. The van der Waals surface area contributed by atoms with E-state index in [-0.39, 0.29) is 57.3 Å². The molecule has 7 N–H and O–H groups in total. The van der Waals surface area contributed by atoms with Gasteiger partial charge in [-0.1, -0.05) is 63.3 Å². The van der Waals surface area contributed by atoms with Gasteiger partial charge in [0.2, 0.25) is 5.78 Å². The number of thiazole rings is 1. The van der Waals surface area contributed by atoms with Crippen LogP contribution in [-0.2, 0) is 4.74 Å². The van der Waals surface area contributed by atoms with E-state index in [1.165, 1.54) is 48.2 Å². The second-order valence-electron chi connectivity index (χ2n) is 16.4. The number of halogens is 3. The second-order valence-corrected chi connectivity index (χ2v) is 20.4. The van der Waals surface area contributed by atoms with Gasteiger partial charge in [0.1, 0.15) is 51.6 Å². The number of amides is 1. The number of alkyl halides is 1. The van der Waals surface area contributed by atoms with Crippen LogP contribution < -0.4 is 36.9 Å². The van der Waals surface area contributed by atoms with Crippen molar-refractivity contribution in [3.63, 3.8) is 0 Å². The number of rotatable bonds is 12. The van der Waals surface area contributed by atoms with Crippen molar-refractivity contribution in [1.82, 2.24) is 15.2 Å². The molecule has 2 aliphatic heterocycles. The Morgan fingerprint density at radius 1 is 0.942 bits per heavy atom. The number of anilines is 4. The van der Waals surface area contributed by atoms with Gasteiger partial charge in [0.15, 0.2) is 21.2 Å². The molecule has 69 heavy (non-hydrogen) atoms. The van der Waals surface area contributed by atoms with Crippen LogP contribution in [0.3, 0.4) is 0 Å². The number of hydrogen-bond acceptors (Lipinski definition) is 13. The quantitative estimate of drug-likeness (QED) is 0.0198. The maximum atomic E-state index is 13.4. The first-order valence-corrected chi connectivity index (χ1v) is 26.0. The third-order valence-electron chi connectivity index (χ3n) is 9.76. The lowest BCUT2D eigenvalue weighted by molar-refractivity contribution is 0.00775. The lowest BCUT2D eigenvalue weighted by Crippen LogP contribution is -2.46. The number of carbonyl (C=O) groups is 3. The Morgan fingerprint density at radius 2 is 1.55 bits per heavy atom. The molecule has 3 atom stereocenters. The van der Waals surface area contributed by atoms with Crippen LogP contribution in [0.1, 0.15) is 72.0 Å². The standard InChI is InChI=1S/C21H21FN4O2S.C19H29N4O3PS2.C8H6BrFO/c22-14-4-1-3-13(11-14)18(27)19-20(23)26-21(29-19)25-15-6-8-16(9-7-15)28-17-5-2-10-24-12-17;1-19(2,3)26-18(24)23-10-4-5-15(11-23)25-14-8-6-13(7-9-14)21-17(28)22-16(20)29-12-27;9-5-8(11)6-2-1-3-7(10)4-6/h1,3-4,6-9,11,17,24H,2,5,10,12,23H2,(H,25,26);6-9,15H,4-5,10-12,27H2,1-3H3,(H3,20,21,22,28);1-4H,5H2. The number of nitrogens with one attached hydrogen (secondary N) is 3. The molecule has 21 heteroatoms. The third-order valence-corrected chi connectivity index (χ3v) is 12.5. The van der Waals surface area contributed by atoms with Crippen molar-refractivity contribution in [2.45, 2.75) is 64.3 Å². The zero-order valence-electron chi connectivity index (χ0n) is 38.3. The number of thioether (sulfide) groups is 1. The SMILES string of the molecule is CC(C)(C)OC(=O)N1CCCC(Oc2ccc(NC(=S)N=C(N)SCP)cc2)C1.Nc1nc(Nc2ccc(OC3CCCNC3)cc2)sc1C(=O)c1cccc(F)c1.O=C(CBr)c1cccc(F)c1. The molecule has 1 amide bonds. The molecule has 0 bridgehead atoms. The van der Waals surface area contributed by atoms with Crippen molar-refractivity contribution in [1.29, 1.82) is 0 Å². The maximum Gasteiger partial charge on any atom is 0.410 e. The number of ether oxygens (including phenoxy) is 3. The van der Waals surface area contributed by atoms with Crippen LogP contribution in [0, 0.1) is 11.6 Å². The maximum absolute atomic E-state index is 13.4. The number of nitrogens with zero attached hydrogens (tertiary/aromatic N) is 3. The topological polar surface area (TPSA) is 196 Å². The van der Waals surface area contributed by atoms with Crippen molar-refractivity contribution >= 4 is 111 Å². The van der Waals surface area contributed by atoms with E-state index in [2.05, 4.69) is 51.1 Å². The number of Topliss-reactive ketones (excluding diaryl/α,β-unsaturated/α-hetero) is 1. The Balaban J connectivity index is 0.000000212. The predicted molar refractivity (Wildman–Crippen MR) is 285 cm³/mol. The highest BCUT2D eigenvalue weighted by molar-refractivity contribution is 9.09. The number of amidine groups is 1. The van der Waals surface area contributed by atoms with Gasteiger partial charge < -0.3 is 46.5 Å². The number of nitrogens with two attached hydrogens (primary N) is 2. The van der Waals surface area contributed by atoms with Crippen molar-refractivity contribution in [3.05, 3.63) is 125 Å². The number of benzene rings is 4. The van der Waals surface area contributed by atoms with Gasteiger partial charge >= 0.3 is 6.09 Å². The van der Waals surface area contributed by atoms with Crippen molar-refractivity contribution < 1.29 is 37.4 Å². The minimum atomic E-state index is -0.503. The smallest absolute Gasteiger partial charge is 0.410 e. The van der Waals surface area contributed by atoms with Crippen molar-refractivity contribution in [3.8, 4) is 11.5 Å². The van der Waals surface area contributed by atoms with Gasteiger partial charge in [0, 0.05) is 41.1 Å². The van der Waals surface area contributed by atoms with E-state index in [1.54, 1.807) is 17.0 Å². The summed E-state index contributed by atoms with van der Waals surface area (Å²) in [5.41, 5.74) is 14.2. The van der Waals surface area contributed by atoms with Gasteiger partial charge in [-0.05, 0) is 138 Å². The van der Waals surface area contributed by atoms with E-state index in [0.29, 0.717) is 34.1 Å². The van der Waals surface area contributed by atoms with Crippen LogP contribution in [0.5, 0.6) is 11.5 Å². The average molecular weight is 1090 g/mol. The zero-order valence-corrected chi connectivity index (χ0v) is 43.5. The molecular formula is C48H56BrF2N8O6PS3. The summed E-state index contributed by atoms with van der Waals surface area (Å²) in [5, 5.41) is 11.0. The average Bonchev–Trinajstić information content (AvgIpc) is 3.69. The summed E-state index contributed by atoms with van der Waals surface area (Å²) < 4.78 is 43.4. The highest BCUT2D eigenvalue weighted by Crippen LogP contribution is 2.31. The fraction of sp³-hybridized carbons (Fsp3) is 0.333. The fourth-order valence-electron chi connectivity index (χ4n) is 6.61. The highest BCUT2D eigenvalue weighted by atomic mass is 79.9. The van der Waals surface area contributed by atoms with Crippen LogP contribution in [0.2, 0.25) is 0 Å². The number of nitrogen functional groups attached to an aromatic ring is 1. The Hall–Kier alpha value is -5.24. The van der Waals surface area contributed by atoms with Gasteiger partial charge in [0.05, 0.1) is 11.9 Å². The normalized spacial score (nSPS) is 15.8. The molecule has 2 fully saturated rings. The number of likely N-dealkylation sites (tertiary alicyclic amines) is 1. The van der Waals surface area contributed by atoms with Crippen LogP contribution in [0.25, 0.3) is 0 Å². The monoisotopic (exact) mass is 1080 g/mol. The first-order chi connectivity index (χ1) is 33.0. The molecule has 0 saturated carbocycles. The van der Waals surface area contributed by atoms with E-state index in [0.717, 1.165) is 78.5 Å². The fourth-order valence-corrected chi connectivity index (χ4v) is 8.91. The van der Waals surface area contributed by atoms with Crippen molar-refractivity contribution in [2.24, 2.45) is 10.7 Å². The highest BCUT2D eigenvalue weighted by Gasteiger charge is 2.29. The van der Waals surface area contributed by atoms with Crippen molar-refractivity contribution in [2.75, 3.05) is 53.4 Å². The Bertz CT molecular complexity index is 2530. The number of piperidine rings is 2. The summed E-state index contributed by atoms with van der Waals surface area (Å²) in [5.74, 6) is 0.364. The third kappa shape index (κ3) is 18.9. The Labute approximate surface area is 425 Å². The lowest BCUT2D eigenvalue weighted by atomic mass is 10.1. The molecular weight excluding hydrogens is 1030 g/mol. The molecule has 14 nitrogen and oxygen atoms in total. The number of hydrogen-bond donors (Lipinski definition) is 5. The van der Waals surface area contributed by atoms with Crippen LogP contribution in [0.4, 0.5) is 35.9 Å². The van der Waals surface area contributed by atoms with Gasteiger partial charge in [-0.25, -0.2) is 18.6 Å². The molecule has 1 aromatic heterocycles. The summed E-state index contributed by atoms with van der Waals surface area (Å²) in [6.07, 6.45) is 3.77. The van der Waals surface area contributed by atoms with E-state index in [9.17, 15) is 23.2 Å². The van der Waals surface area contributed by atoms with Gasteiger partial charge in [-0.15, -0.1) is 9.24 Å². The second kappa shape index (κ2) is 27.2. The van der Waals surface area contributed by atoms with Crippen LogP contribution >= 0.6 is 60.5 Å². The molecule has 3 heterocycles. The molecule has 4 aromatic carbocycles. The van der Waals surface area contributed by atoms with Crippen LogP contribution in [0.15, 0.2) is 102 Å². The lowest BCUT2D eigenvalue weighted by Gasteiger charge is -2.34. The number of aliphatic imine (C=N–C) groups is 1. The predicted octanol–water partition coefficient (Wildman–Crippen LogP) is 10.4. The molecule has 7 rings (SSSR count). The summed E-state index contributed by atoms with van der Waals surface area (Å²) in [4.78, 5) is 46.2. The Morgan fingerprint density at radius 3 is 2.14 bits per heavy atom. The van der Waals surface area contributed by atoms with E-state index >= 15 is 0 Å². The minimum Gasteiger partial charge on any atom is -0.489 e. The molecule has 0 radical (unpaired) electrons. The van der Waals surface area contributed by atoms with Crippen LogP contribution in [-0.4, -0.2) is 92.6 Å². The number of carbonyl (C=O) groups excluding carboxylic acids is 3. The first kappa shape index (κ1) is 54.7. The molecule has 368 valence electrons. The largest absolute Gasteiger partial charge is 0.489 e. The summed E-state index contributed by atoms with van der Waals surface area (Å²) >= 11 is 10.7. The minimum absolute atomic E-state index is 0.0653. The molecule has 3 unspecified atom stereocenters. The molecule has 0 aliphatic carbocycles. The van der Waals surface area contributed by atoms with Gasteiger partial charge in [-0.3, -0.25) is 9.59 Å². The Kier molecular flexibility index (Phi) is 21.6. The molecule has 0 spiro atoms. The molecule has 5 aromatic rings. The summed E-state index contributed by atoms with van der Waals surface area (Å²) in [6, 6.07) is 26.2. The number of ketones is 2. The zero-order chi connectivity index (χ0) is 49.9. The summed E-state index contributed by atoms with van der Waals surface area (Å²) in [6.45, 7) is 8.71. The van der Waals surface area contributed by atoms with Gasteiger partial charge in [0.25, 0.3) is 0 Å². The number of thiocarbonyl (C=S) groups is 1. The summed E-state index contributed by atoms with van der Waals surface area (Å²) in [7, 11) is 2.57. The van der Waals surface area contributed by atoms with E-state index in [1.807, 2.05) is 69.3 Å². The molecule has 2 saturated heterocycles. The van der Waals surface area contributed by atoms with E-state index in [4.69, 9.17) is 37.9 Å². The van der Waals surface area contributed by atoms with Gasteiger partial charge in [-0.2, -0.15) is 4.99 Å². The number of aromatic nitrogens is 1. The van der Waals surface area contributed by atoms with E-state index < -0.39 is 11.4 Å².